The van der Waals surface area contributed by atoms with Gasteiger partial charge in [0.25, 0.3) is 0 Å². The Morgan fingerprint density at radius 2 is 2.35 bits per heavy atom. The number of hydrogen-bond donors (Lipinski definition) is 3. The first-order valence-corrected chi connectivity index (χ1v) is 6.11. The molecule has 0 radical (unpaired) electrons. The van der Waals surface area contributed by atoms with Gasteiger partial charge < -0.3 is 20.7 Å². The second kappa shape index (κ2) is 4.72. The van der Waals surface area contributed by atoms with Crippen LogP contribution >= 0.6 is 0 Å². The number of aliphatic hydroxyl groups excluding tert-OH is 2. The highest BCUT2D eigenvalue weighted by Crippen LogP contribution is 2.33. The average Bonchev–Trinajstić information content (AvgIpc) is 2.99. The molecule has 20 heavy (non-hydrogen) atoms. The molecule has 3 heterocycles. The van der Waals surface area contributed by atoms with Crippen LogP contribution in [0, 0.1) is 11.3 Å². The summed E-state index contributed by atoms with van der Waals surface area (Å²) in [5.74, 6) is 0.280. The molecule has 104 valence electrons. The summed E-state index contributed by atoms with van der Waals surface area (Å²) >= 11 is 0. The highest BCUT2D eigenvalue weighted by Gasteiger charge is 2.36. The lowest BCUT2D eigenvalue weighted by Gasteiger charge is -2.15. The fourth-order valence-electron chi connectivity index (χ4n) is 2.47. The van der Waals surface area contributed by atoms with Crippen LogP contribution < -0.4 is 5.73 Å². The lowest BCUT2D eigenvalue weighted by molar-refractivity contribution is -0.0432. The fourth-order valence-corrected chi connectivity index (χ4v) is 2.47. The van der Waals surface area contributed by atoms with E-state index >= 15 is 0 Å². The van der Waals surface area contributed by atoms with Crippen molar-refractivity contribution in [1.82, 2.24) is 14.5 Å². The number of aliphatic hydroxyl groups is 2. The van der Waals surface area contributed by atoms with E-state index < -0.39 is 18.4 Å². The number of aromatic nitrogens is 3. The van der Waals surface area contributed by atoms with Gasteiger partial charge in [-0.3, -0.25) is 4.57 Å². The topological polar surface area (TPSA) is 130 Å². The molecule has 2 aromatic heterocycles. The summed E-state index contributed by atoms with van der Waals surface area (Å²) in [5, 5.41) is 28.7. The number of anilines is 1. The smallest absolute Gasteiger partial charge is 0.148 e. The normalized spacial score (nSPS) is 25.9. The summed E-state index contributed by atoms with van der Waals surface area (Å²) in [6.45, 7) is -0.282. The Hall–Kier alpha value is -2.21. The Labute approximate surface area is 114 Å². The van der Waals surface area contributed by atoms with E-state index in [-0.39, 0.29) is 18.8 Å². The number of nitrogens with zero attached hydrogens (tertiary/aromatic N) is 4. The number of nitriles is 1. The molecule has 4 N–H and O–H groups in total. The Kier molecular flexibility index (Phi) is 3.02. The number of nitrogens with two attached hydrogens (primary N) is 1. The molecule has 8 nitrogen and oxygen atoms in total. The SMILES string of the molecule is N#Cc1cc2c(N)ncnc2n1[C@@H]1C[C@H](O)[C@@H](CO)O1. The molecule has 3 rings (SSSR count). The quantitative estimate of drug-likeness (QED) is 0.675. The second-order valence-corrected chi connectivity index (χ2v) is 4.62. The monoisotopic (exact) mass is 275 g/mol. The van der Waals surface area contributed by atoms with Crippen LogP contribution in [0.2, 0.25) is 0 Å². The van der Waals surface area contributed by atoms with Crippen LogP contribution in [-0.4, -0.2) is 43.6 Å². The summed E-state index contributed by atoms with van der Waals surface area (Å²) in [5.41, 5.74) is 6.57. The number of rotatable bonds is 2. The van der Waals surface area contributed by atoms with Crippen LogP contribution in [0.1, 0.15) is 18.3 Å². The zero-order valence-corrected chi connectivity index (χ0v) is 10.5. The molecule has 1 fully saturated rings. The van der Waals surface area contributed by atoms with E-state index in [9.17, 15) is 10.4 Å². The number of ether oxygens (including phenoxy) is 1. The summed E-state index contributed by atoms with van der Waals surface area (Å²) < 4.78 is 7.14. The van der Waals surface area contributed by atoms with Gasteiger partial charge in [-0.15, -0.1) is 0 Å². The maximum Gasteiger partial charge on any atom is 0.148 e. The maximum absolute atomic E-state index is 9.81. The minimum Gasteiger partial charge on any atom is -0.394 e. The standard InChI is InChI=1S/C12H13N5O3/c13-3-6-1-7-11(14)15-5-16-12(7)17(6)10-2-8(19)9(4-18)20-10/h1,5,8-10,18-19H,2,4H2,(H2,14,15,16)/t8-,9+,10-/m0/s1. The molecule has 3 atom stereocenters. The zero-order chi connectivity index (χ0) is 14.3. The van der Waals surface area contributed by atoms with Gasteiger partial charge >= 0.3 is 0 Å². The highest BCUT2D eigenvalue weighted by atomic mass is 16.5. The van der Waals surface area contributed by atoms with Gasteiger partial charge in [-0.25, -0.2) is 9.97 Å². The van der Waals surface area contributed by atoms with Crippen molar-refractivity contribution in [3.8, 4) is 6.07 Å². The van der Waals surface area contributed by atoms with Gasteiger partial charge in [0.05, 0.1) is 18.1 Å². The van der Waals surface area contributed by atoms with Crippen molar-refractivity contribution in [2.45, 2.75) is 24.9 Å². The van der Waals surface area contributed by atoms with Crippen LogP contribution in [0.4, 0.5) is 5.82 Å². The van der Waals surface area contributed by atoms with E-state index in [1.807, 2.05) is 0 Å². The third kappa shape index (κ3) is 1.80. The van der Waals surface area contributed by atoms with Crippen LogP contribution in [-0.2, 0) is 4.74 Å². The van der Waals surface area contributed by atoms with Crippen LogP contribution in [0.15, 0.2) is 12.4 Å². The molecule has 1 aliphatic rings. The minimum atomic E-state index is -0.784. The van der Waals surface area contributed by atoms with Crippen molar-refractivity contribution in [3.63, 3.8) is 0 Å². The van der Waals surface area contributed by atoms with Gasteiger partial charge in [0.2, 0.25) is 0 Å². The lowest BCUT2D eigenvalue weighted by atomic mass is 10.2. The first-order valence-electron chi connectivity index (χ1n) is 6.11. The maximum atomic E-state index is 9.81. The molecule has 0 bridgehead atoms. The van der Waals surface area contributed by atoms with Crippen molar-refractivity contribution in [3.05, 3.63) is 18.1 Å². The summed E-state index contributed by atoms with van der Waals surface area (Å²) in [4.78, 5) is 8.01. The van der Waals surface area contributed by atoms with Crippen molar-refractivity contribution in [2.75, 3.05) is 12.3 Å². The molecule has 0 saturated carbocycles. The van der Waals surface area contributed by atoms with Gasteiger partial charge in [0.1, 0.15) is 41.9 Å². The molecular formula is C12H13N5O3. The number of hydrogen-bond acceptors (Lipinski definition) is 7. The van der Waals surface area contributed by atoms with Gasteiger partial charge in [0.15, 0.2) is 0 Å². The van der Waals surface area contributed by atoms with Crippen LogP contribution in [0.5, 0.6) is 0 Å². The molecule has 1 aliphatic heterocycles. The van der Waals surface area contributed by atoms with E-state index in [2.05, 4.69) is 16.0 Å². The lowest BCUT2D eigenvalue weighted by Crippen LogP contribution is -2.24. The molecule has 1 saturated heterocycles. The summed E-state index contributed by atoms with van der Waals surface area (Å²) in [6, 6.07) is 3.64. The first-order chi connectivity index (χ1) is 9.65. The largest absolute Gasteiger partial charge is 0.394 e. The predicted octanol–water partition coefficient (Wildman–Crippen LogP) is -0.474. The second-order valence-electron chi connectivity index (χ2n) is 4.62. The molecule has 2 aromatic rings. The summed E-state index contributed by atoms with van der Waals surface area (Å²) in [7, 11) is 0. The molecule has 0 aliphatic carbocycles. The average molecular weight is 275 g/mol. The van der Waals surface area contributed by atoms with Crippen molar-refractivity contribution in [1.29, 1.82) is 5.26 Å². The van der Waals surface area contributed by atoms with E-state index in [1.165, 1.54) is 6.33 Å². The Morgan fingerprint density at radius 3 is 3.00 bits per heavy atom. The number of fused-ring (bicyclic) bond motifs is 1. The van der Waals surface area contributed by atoms with Crippen molar-refractivity contribution >= 4 is 16.9 Å². The van der Waals surface area contributed by atoms with Gasteiger partial charge in [-0.05, 0) is 6.07 Å². The van der Waals surface area contributed by atoms with E-state index in [4.69, 9.17) is 15.6 Å². The summed E-state index contributed by atoms with van der Waals surface area (Å²) in [6.07, 6.45) is -0.433. The minimum absolute atomic E-state index is 0.271. The van der Waals surface area contributed by atoms with Crippen molar-refractivity contribution < 1.29 is 14.9 Å². The van der Waals surface area contributed by atoms with Gasteiger partial charge in [-0.2, -0.15) is 5.26 Å². The van der Waals surface area contributed by atoms with Crippen LogP contribution in [0.3, 0.4) is 0 Å². The molecule has 0 spiro atoms. The molecule has 8 heteroatoms. The number of nitrogen functional groups attached to an aromatic ring is 1. The highest BCUT2D eigenvalue weighted by molar-refractivity contribution is 5.87. The first kappa shape index (κ1) is 12.8. The predicted molar refractivity (Wildman–Crippen MR) is 68.3 cm³/mol. The molecule has 0 amide bonds. The molecular weight excluding hydrogens is 262 g/mol. The van der Waals surface area contributed by atoms with Crippen molar-refractivity contribution in [2.24, 2.45) is 0 Å². The van der Waals surface area contributed by atoms with Crippen LogP contribution in [0.25, 0.3) is 11.0 Å². The Morgan fingerprint density at radius 1 is 1.55 bits per heavy atom. The Bertz CT molecular complexity index is 692. The van der Waals surface area contributed by atoms with Gasteiger partial charge in [0, 0.05) is 6.42 Å². The molecule has 0 unspecified atom stereocenters. The van der Waals surface area contributed by atoms with E-state index in [0.717, 1.165) is 0 Å². The third-order valence-corrected chi connectivity index (χ3v) is 3.45. The van der Waals surface area contributed by atoms with E-state index in [1.54, 1.807) is 10.6 Å². The third-order valence-electron chi connectivity index (χ3n) is 3.45. The Balaban J connectivity index is 2.12. The van der Waals surface area contributed by atoms with Gasteiger partial charge in [-0.1, -0.05) is 0 Å². The van der Waals surface area contributed by atoms with E-state index in [0.29, 0.717) is 16.7 Å². The molecule has 0 aromatic carbocycles. The fraction of sp³-hybridized carbons (Fsp3) is 0.417. The zero-order valence-electron chi connectivity index (χ0n) is 10.5.